The van der Waals surface area contributed by atoms with Crippen LogP contribution in [0.25, 0.3) is 0 Å². The summed E-state index contributed by atoms with van der Waals surface area (Å²) in [7, 11) is 1.63. The van der Waals surface area contributed by atoms with Gasteiger partial charge in [-0.3, -0.25) is 4.79 Å². The highest BCUT2D eigenvalue weighted by molar-refractivity contribution is 7.10. The highest BCUT2D eigenvalue weighted by Crippen LogP contribution is 2.44. The number of fused-ring (bicyclic) bond motifs is 1. The van der Waals surface area contributed by atoms with E-state index < -0.39 is 0 Å². The summed E-state index contributed by atoms with van der Waals surface area (Å²) in [4.78, 5) is 14.5. The Morgan fingerprint density at radius 3 is 2.71 bits per heavy atom. The summed E-state index contributed by atoms with van der Waals surface area (Å²) >= 11 is 1.69. The van der Waals surface area contributed by atoms with Crippen molar-refractivity contribution in [3.8, 4) is 5.75 Å². The van der Waals surface area contributed by atoms with Crippen LogP contribution in [-0.4, -0.2) is 23.2 Å². The maximum atomic E-state index is 13.2. The van der Waals surface area contributed by atoms with Gasteiger partial charge >= 0.3 is 0 Å². The zero-order valence-corrected chi connectivity index (χ0v) is 16.0. The molecular weight excluding hydrogens is 376 g/mol. The molecule has 1 aliphatic carbocycles. The van der Waals surface area contributed by atoms with E-state index in [2.05, 4.69) is 27.0 Å². The van der Waals surface area contributed by atoms with Gasteiger partial charge in [0.15, 0.2) is 5.78 Å². The molecular formula is C20H18N4O3S. The van der Waals surface area contributed by atoms with Crippen molar-refractivity contribution in [1.82, 2.24) is 10.3 Å². The molecule has 2 aromatic heterocycles. The number of carbonyl (C=O) groups excluding carboxylic acids is 1. The Balaban J connectivity index is 1.59. The fraction of sp³-hybridized carbons (Fsp3) is 0.250. The van der Waals surface area contributed by atoms with E-state index in [4.69, 9.17) is 9.37 Å². The number of ether oxygens (including phenoxy) is 1. The van der Waals surface area contributed by atoms with Crippen LogP contribution < -0.4 is 15.4 Å². The van der Waals surface area contributed by atoms with E-state index >= 15 is 0 Å². The van der Waals surface area contributed by atoms with E-state index in [1.807, 2.05) is 35.7 Å². The Morgan fingerprint density at radius 2 is 1.96 bits per heavy atom. The summed E-state index contributed by atoms with van der Waals surface area (Å²) in [5.41, 5.74) is 2.56. The van der Waals surface area contributed by atoms with Crippen molar-refractivity contribution >= 4 is 28.8 Å². The Kier molecular flexibility index (Phi) is 4.12. The number of aromatic nitrogens is 2. The third-order valence-electron chi connectivity index (χ3n) is 5.23. The number of allylic oxidation sites excluding steroid dienone is 1. The van der Waals surface area contributed by atoms with E-state index in [0.717, 1.165) is 29.0 Å². The van der Waals surface area contributed by atoms with Crippen LogP contribution in [0.5, 0.6) is 5.75 Å². The molecule has 28 heavy (non-hydrogen) atoms. The molecule has 2 aliphatic rings. The van der Waals surface area contributed by atoms with Crippen LogP contribution in [0.1, 0.15) is 35.2 Å². The van der Waals surface area contributed by atoms with Gasteiger partial charge in [-0.1, -0.05) is 18.2 Å². The number of nitrogens with one attached hydrogen (secondary N) is 2. The van der Waals surface area contributed by atoms with Crippen LogP contribution in [0.3, 0.4) is 0 Å². The highest BCUT2D eigenvalue weighted by atomic mass is 32.1. The molecule has 0 amide bonds. The molecule has 0 spiro atoms. The van der Waals surface area contributed by atoms with Crippen molar-refractivity contribution in [2.24, 2.45) is 0 Å². The smallest absolute Gasteiger partial charge is 0.219 e. The number of ketones is 1. The van der Waals surface area contributed by atoms with Gasteiger partial charge in [0.1, 0.15) is 5.75 Å². The fourth-order valence-corrected chi connectivity index (χ4v) is 4.70. The number of thiophene rings is 1. The molecule has 8 heteroatoms. The normalized spacial score (nSPS) is 21.2. The molecule has 142 valence electrons. The quantitative estimate of drug-likeness (QED) is 0.691. The minimum absolute atomic E-state index is 0.127. The number of hydrogen-bond donors (Lipinski definition) is 2. The molecule has 1 aromatic carbocycles. The van der Waals surface area contributed by atoms with Crippen molar-refractivity contribution in [2.45, 2.75) is 24.8 Å². The van der Waals surface area contributed by atoms with Gasteiger partial charge in [0.05, 0.1) is 13.2 Å². The first-order valence-electron chi connectivity index (χ1n) is 9.02. The van der Waals surface area contributed by atoms with Crippen LogP contribution in [0.4, 0.5) is 11.6 Å². The number of carbonyl (C=O) groups is 1. The number of rotatable bonds is 3. The Hall–Kier alpha value is -3.13. The predicted molar refractivity (Wildman–Crippen MR) is 106 cm³/mol. The Labute approximate surface area is 165 Å². The average Bonchev–Trinajstić information content (AvgIpc) is 3.37. The largest absolute Gasteiger partial charge is 0.497 e. The standard InChI is InChI=1S/C20H18N4O3S/c1-26-13-6-4-11(5-7-13)18-17-14(21-19-20(22-18)24-27-23-19)9-12(10-15(17)25)16-3-2-8-28-16/h2-8,12,18H,9-10H2,1H3,(H,21,23)(H,22,24)/t12-,18-/m1/s1. The lowest BCUT2D eigenvalue weighted by Gasteiger charge is -2.29. The summed E-state index contributed by atoms with van der Waals surface area (Å²) in [5, 5.41) is 16.6. The minimum Gasteiger partial charge on any atom is -0.497 e. The van der Waals surface area contributed by atoms with Gasteiger partial charge in [0.25, 0.3) is 0 Å². The van der Waals surface area contributed by atoms with Crippen LogP contribution in [-0.2, 0) is 4.79 Å². The van der Waals surface area contributed by atoms with Gasteiger partial charge in [-0.15, -0.1) is 11.3 Å². The lowest BCUT2D eigenvalue weighted by atomic mass is 9.81. The van der Waals surface area contributed by atoms with Crippen LogP contribution in [0.15, 0.2) is 57.7 Å². The Morgan fingerprint density at radius 1 is 1.14 bits per heavy atom. The van der Waals surface area contributed by atoms with E-state index in [1.54, 1.807) is 18.4 Å². The lowest BCUT2D eigenvalue weighted by molar-refractivity contribution is -0.116. The first-order chi connectivity index (χ1) is 13.7. The summed E-state index contributed by atoms with van der Waals surface area (Å²) in [5.74, 6) is 2.05. The topological polar surface area (TPSA) is 89.3 Å². The molecule has 2 N–H and O–H groups in total. The molecule has 0 radical (unpaired) electrons. The van der Waals surface area contributed by atoms with Gasteiger partial charge in [0, 0.05) is 28.5 Å². The molecule has 0 unspecified atom stereocenters. The maximum absolute atomic E-state index is 13.2. The van der Waals surface area contributed by atoms with E-state index in [-0.39, 0.29) is 17.7 Å². The molecule has 0 saturated heterocycles. The number of methoxy groups -OCH3 is 1. The van der Waals surface area contributed by atoms with E-state index in [0.29, 0.717) is 18.1 Å². The second kappa shape index (κ2) is 6.79. The summed E-state index contributed by atoms with van der Waals surface area (Å²) < 4.78 is 10.2. The molecule has 3 aromatic rings. The third kappa shape index (κ3) is 2.86. The second-order valence-electron chi connectivity index (χ2n) is 6.87. The molecule has 1 aliphatic heterocycles. The molecule has 0 bridgehead atoms. The summed E-state index contributed by atoms with van der Waals surface area (Å²) in [6, 6.07) is 11.5. The van der Waals surface area contributed by atoms with Gasteiger partial charge in [0.2, 0.25) is 11.6 Å². The summed E-state index contributed by atoms with van der Waals surface area (Å²) in [6.07, 6.45) is 1.23. The number of benzene rings is 1. The van der Waals surface area contributed by atoms with Crippen molar-refractivity contribution in [3.05, 3.63) is 63.5 Å². The lowest BCUT2D eigenvalue weighted by Crippen LogP contribution is -2.26. The van der Waals surface area contributed by atoms with Crippen molar-refractivity contribution in [3.63, 3.8) is 0 Å². The summed E-state index contributed by atoms with van der Waals surface area (Å²) in [6.45, 7) is 0. The van der Waals surface area contributed by atoms with Crippen LogP contribution in [0.2, 0.25) is 0 Å². The van der Waals surface area contributed by atoms with E-state index in [9.17, 15) is 4.79 Å². The molecule has 2 atom stereocenters. The van der Waals surface area contributed by atoms with Gasteiger partial charge in [-0.25, -0.2) is 4.63 Å². The highest BCUT2D eigenvalue weighted by Gasteiger charge is 2.37. The van der Waals surface area contributed by atoms with Crippen molar-refractivity contribution < 1.29 is 14.2 Å². The SMILES string of the molecule is COc1ccc([C@H]2Nc3nonc3NC3=C2C(=O)C[C@H](c2cccs2)C3)cc1. The van der Waals surface area contributed by atoms with Crippen LogP contribution >= 0.6 is 11.3 Å². The number of anilines is 2. The first-order valence-corrected chi connectivity index (χ1v) is 9.90. The Bertz CT molecular complexity index is 1040. The van der Waals surface area contributed by atoms with Crippen molar-refractivity contribution in [2.75, 3.05) is 17.7 Å². The zero-order chi connectivity index (χ0) is 19.1. The average molecular weight is 394 g/mol. The third-order valence-corrected chi connectivity index (χ3v) is 6.26. The molecule has 7 nitrogen and oxygen atoms in total. The maximum Gasteiger partial charge on any atom is 0.219 e. The van der Waals surface area contributed by atoms with Gasteiger partial charge in [-0.2, -0.15) is 0 Å². The van der Waals surface area contributed by atoms with Crippen LogP contribution in [0, 0.1) is 0 Å². The molecule has 5 rings (SSSR count). The number of hydrogen-bond acceptors (Lipinski definition) is 8. The zero-order valence-electron chi connectivity index (χ0n) is 15.1. The van der Waals surface area contributed by atoms with E-state index in [1.165, 1.54) is 4.88 Å². The monoisotopic (exact) mass is 394 g/mol. The van der Waals surface area contributed by atoms with Crippen molar-refractivity contribution in [1.29, 1.82) is 0 Å². The minimum atomic E-state index is -0.335. The number of nitrogens with zero attached hydrogens (tertiary/aromatic N) is 2. The molecule has 3 heterocycles. The molecule has 0 fully saturated rings. The molecule has 0 saturated carbocycles. The van der Waals surface area contributed by atoms with Gasteiger partial charge < -0.3 is 15.4 Å². The fourth-order valence-electron chi connectivity index (χ4n) is 3.87. The predicted octanol–water partition coefficient (Wildman–Crippen LogP) is 4.12. The second-order valence-corrected chi connectivity index (χ2v) is 7.85. The first kappa shape index (κ1) is 17.0. The van der Waals surface area contributed by atoms with Gasteiger partial charge in [-0.05, 0) is 45.9 Å². The number of Topliss-reactive ketones (excluding diaryl/α,β-unsaturated/α-hetero) is 1.